The van der Waals surface area contributed by atoms with E-state index >= 15 is 0 Å². The summed E-state index contributed by atoms with van der Waals surface area (Å²) in [6.45, 7) is 3.22. The van der Waals surface area contributed by atoms with Crippen LogP contribution in [0.1, 0.15) is 18.4 Å². The zero-order valence-electron chi connectivity index (χ0n) is 10.7. The Morgan fingerprint density at radius 1 is 1.50 bits per heavy atom. The van der Waals surface area contributed by atoms with E-state index in [0.717, 1.165) is 32.6 Å². The largest absolute Gasteiger partial charge is 0.497 e. The van der Waals surface area contributed by atoms with Gasteiger partial charge in [-0.2, -0.15) is 0 Å². The van der Waals surface area contributed by atoms with Crippen molar-refractivity contribution in [2.75, 3.05) is 26.9 Å². The van der Waals surface area contributed by atoms with E-state index in [-0.39, 0.29) is 5.82 Å². The Morgan fingerprint density at radius 3 is 3.06 bits per heavy atom. The molecule has 0 amide bonds. The summed E-state index contributed by atoms with van der Waals surface area (Å²) in [5.74, 6) is 1.00. The summed E-state index contributed by atoms with van der Waals surface area (Å²) in [4.78, 5) is 0. The van der Waals surface area contributed by atoms with E-state index in [1.165, 1.54) is 13.2 Å². The third-order valence-electron chi connectivity index (χ3n) is 3.33. The summed E-state index contributed by atoms with van der Waals surface area (Å²) >= 11 is 0. The van der Waals surface area contributed by atoms with Crippen LogP contribution in [-0.2, 0) is 11.3 Å². The zero-order valence-corrected chi connectivity index (χ0v) is 10.7. The molecular formula is C14H20FNO2. The Labute approximate surface area is 107 Å². The van der Waals surface area contributed by atoms with E-state index in [9.17, 15) is 4.39 Å². The van der Waals surface area contributed by atoms with Gasteiger partial charge in [0.15, 0.2) is 0 Å². The van der Waals surface area contributed by atoms with Gasteiger partial charge in [0.25, 0.3) is 0 Å². The molecule has 0 radical (unpaired) electrons. The minimum Gasteiger partial charge on any atom is -0.497 e. The Bertz CT molecular complexity index is 378. The lowest BCUT2D eigenvalue weighted by Crippen LogP contribution is -2.18. The van der Waals surface area contributed by atoms with Crippen LogP contribution in [0.4, 0.5) is 4.39 Å². The number of hydrogen-bond acceptors (Lipinski definition) is 3. The van der Waals surface area contributed by atoms with Crippen LogP contribution in [-0.4, -0.2) is 26.9 Å². The first kappa shape index (κ1) is 13.3. The summed E-state index contributed by atoms with van der Waals surface area (Å²) in [5.41, 5.74) is 0.679. The molecule has 100 valence electrons. The molecule has 0 aromatic heterocycles. The summed E-state index contributed by atoms with van der Waals surface area (Å²) in [6, 6.07) is 4.96. The van der Waals surface area contributed by atoms with Gasteiger partial charge in [0, 0.05) is 31.4 Å². The molecule has 1 atom stereocenters. The molecule has 1 aromatic carbocycles. The van der Waals surface area contributed by atoms with E-state index in [1.807, 2.05) is 0 Å². The van der Waals surface area contributed by atoms with Gasteiger partial charge < -0.3 is 14.8 Å². The third kappa shape index (κ3) is 3.68. The fourth-order valence-electron chi connectivity index (χ4n) is 2.14. The van der Waals surface area contributed by atoms with E-state index in [0.29, 0.717) is 23.8 Å². The Kier molecular flexibility index (Phi) is 4.96. The molecule has 1 aliphatic heterocycles. The molecule has 0 aliphatic carbocycles. The molecule has 2 rings (SSSR count). The lowest BCUT2D eigenvalue weighted by molar-refractivity contribution is 0.184. The topological polar surface area (TPSA) is 30.5 Å². The monoisotopic (exact) mass is 253 g/mol. The molecule has 1 aromatic rings. The van der Waals surface area contributed by atoms with Gasteiger partial charge in [-0.15, -0.1) is 0 Å². The van der Waals surface area contributed by atoms with Crippen LogP contribution in [0.15, 0.2) is 18.2 Å². The normalized spacial score (nSPS) is 19.1. The average Bonchev–Trinajstić information content (AvgIpc) is 2.89. The number of nitrogens with one attached hydrogen (secondary N) is 1. The van der Waals surface area contributed by atoms with Crippen molar-refractivity contribution >= 4 is 0 Å². The summed E-state index contributed by atoms with van der Waals surface area (Å²) in [5, 5.41) is 3.27. The molecule has 0 spiro atoms. The van der Waals surface area contributed by atoms with Crippen LogP contribution in [0, 0.1) is 11.7 Å². The minimum atomic E-state index is -0.217. The first-order valence-corrected chi connectivity index (χ1v) is 6.40. The number of methoxy groups -OCH3 is 1. The number of rotatable bonds is 6. The van der Waals surface area contributed by atoms with Crippen molar-refractivity contribution in [1.82, 2.24) is 5.32 Å². The molecule has 1 fully saturated rings. The highest BCUT2D eigenvalue weighted by atomic mass is 19.1. The molecule has 18 heavy (non-hydrogen) atoms. The van der Waals surface area contributed by atoms with Crippen molar-refractivity contribution in [3.8, 4) is 5.75 Å². The fourth-order valence-corrected chi connectivity index (χ4v) is 2.14. The minimum absolute atomic E-state index is 0.217. The van der Waals surface area contributed by atoms with Gasteiger partial charge >= 0.3 is 0 Å². The first-order chi connectivity index (χ1) is 8.79. The van der Waals surface area contributed by atoms with Gasteiger partial charge in [-0.05, 0) is 31.4 Å². The summed E-state index contributed by atoms with van der Waals surface area (Å²) in [7, 11) is 1.54. The first-order valence-electron chi connectivity index (χ1n) is 6.40. The second-order valence-corrected chi connectivity index (χ2v) is 4.65. The second kappa shape index (κ2) is 6.71. The second-order valence-electron chi connectivity index (χ2n) is 4.65. The Hall–Kier alpha value is -1.13. The molecule has 1 saturated heterocycles. The summed E-state index contributed by atoms with van der Waals surface area (Å²) in [6.07, 6.45) is 2.25. The molecular weight excluding hydrogens is 233 g/mol. The molecule has 0 saturated carbocycles. The van der Waals surface area contributed by atoms with E-state index in [4.69, 9.17) is 9.47 Å². The van der Waals surface area contributed by atoms with Crippen molar-refractivity contribution in [1.29, 1.82) is 0 Å². The van der Waals surface area contributed by atoms with E-state index < -0.39 is 0 Å². The van der Waals surface area contributed by atoms with Crippen molar-refractivity contribution in [3.63, 3.8) is 0 Å². The van der Waals surface area contributed by atoms with Crippen molar-refractivity contribution in [3.05, 3.63) is 29.6 Å². The van der Waals surface area contributed by atoms with Gasteiger partial charge in [0.05, 0.1) is 7.11 Å². The van der Waals surface area contributed by atoms with Crippen molar-refractivity contribution < 1.29 is 13.9 Å². The number of halogens is 1. The van der Waals surface area contributed by atoms with Crippen molar-refractivity contribution in [2.24, 2.45) is 5.92 Å². The van der Waals surface area contributed by atoms with Crippen molar-refractivity contribution in [2.45, 2.75) is 19.4 Å². The highest BCUT2D eigenvalue weighted by molar-refractivity contribution is 5.28. The number of ether oxygens (including phenoxy) is 2. The molecule has 1 N–H and O–H groups in total. The quantitative estimate of drug-likeness (QED) is 0.789. The van der Waals surface area contributed by atoms with Gasteiger partial charge in [0.1, 0.15) is 11.6 Å². The van der Waals surface area contributed by atoms with Gasteiger partial charge in [-0.1, -0.05) is 6.07 Å². The van der Waals surface area contributed by atoms with Crippen LogP contribution in [0.2, 0.25) is 0 Å². The van der Waals surface area contributed by atoms with Gasteiger partial charge in [-0.25, -0.2) is 4.39 Å². The van der Waals surface area contributed by atoms with E-state index in [1.54, 1.807) is 12.1 Å². The van der Waals surface area contributed by atoms with E-state index in [2.05, 4.69) is 5.32 Å². The van der Waals surface area contributed by atoms with Crippen LogP contribution in [0.5, 0.6) is 5.75 Å². The van der Waals surface area contributed by atoms with Gasteiger partial charge in [-0.3, -0.25) is 0 Å². The zero-order chi connectivity index (χ0) is 12.8. The maximum absolute atomic E-state index is 13.6. The standard InChI is InChI=1S/C14H20FNO2/c1-17-13-3-2-12(14(15)8-13)9-16-6-4-11-5-7-18-10-11/h2-3,8,11,16H,4-7,9-10H2,1H3. The highest BCUT2D eigenvalue weighted by Gasteiger charge is 2.14. The summed E-state index contributed by atoms with van der Waals surface area (Å²) < 4.78 is 23.9. The predicted octanol–water partition coefficient (Wildman–Crippen LogP) is 2.35. The van der Waals surface area contributed by atoms with Crippen LogP contribution in [0.3, 0.4) is 0 Å². The number of benzene rings is 1. The molecule has 1 unspecified atom stereocenters. The predicted molar refractivity (Wildman–Crippen MR) is 68.2 cm³/mol. The fraction of sp³-hybridized carbons (Fsp3) is 0.571. The highest BCUT2D eigenvalue weighted by Crippen LogP contribution is 2.17. The Morgan fingerprint density at radius 2 is 2.39 bits per heavy atom. The Balaban J connectivity index is 1.72. The maximum atomic E-state index is 13.6. The maximum Gasteiger partial charge on any atom is 0.131 e. The lowest BCUT2D eigenvalue weighted by atomic mass is 10.1. The number of hydrogen-bond donors (Lipinski definition) is 1. The smallest absolute Gasteiger partial charge is 0.131 e. The molecule has 3 nitrogen and oxygen atoms in total. The molecule has 0 bridgehead atoms. The molecule has 1 aliphatic rings. The van der Waals surface area contributed by atoms with Crippen LogP contribution >= 0.6 is 0 Å². The average molecular weight is 253 g/mol. The molecule has 4 heteroatoms. The SMILES string of the molecule is COc1ccc(CNCCC2CCOC2)c(F)c1. The third-order valence-corrected chi connectivity index (χ3v) is 3.33. The van der Waals surface area contributed by atoms with Gasteiger partial charge in [0.2, 0.25) is 0 Å². The lowest BCUT2D eigenvalue weighted by Gasteiger charge is -2.10. The van der Waals surface area contributed by atoms with Crippen LogP contribution < -0.4 is 10.1 Å². The van der Waals surface area contributed by atoms with Crippen LogP contribution in [0.25, 0.3) is 0 Å². The molecule has 1 heterocycles.